The second-order valence-electron chi connectivity index (χ2n) is 7.26. The molecular formula is C20H17ClF6O3. The maximum atomic E-state index is 14.4. The van der Waals surface area contributed by atoms with Gasteiger partial charge in [-0.05, 0) is 11.3 Å². The van der Waals surface area contributed by atoms with Gasteiger partial charge in [-0.3, -0.25) is 4.79 Å². The summed E-state index contributed by atoms with van der Waals surface area (Å²) in [5, 5.41) is -1.38. The predicted molar refractivity (Wildman–Crippen MR) is 96.0 cm³/mol. The molecule has 0 saturated heterocycles. The van der Waals surface area contributed by atoms with Crippen LogP contribution in [0.2, 0.25) is 0 Å². The fourth-order valence-electron chi connectivity index (χ4n) is 3.25. The maximum absolute atomic E-state index is 14.4. The average molecular weight is 455 g/mol. The lowest BCUT2D eigenvalue weighted by Crippen LogP contribution is -2.14. The first kappa shape index (κ1) is 23.9. The van der Waals surface area contributed by atoms with E-state index in [0.717, 1.165) is 7.11 Å². The van der Waals surface area contributed by atoms with E-state index in [2.05, 4.69) is 0 Å². The Morgan fingerprint density at radius 3 is 2.27 bits per heavy atom. The summed E-state index contributed by atoms with van der Waals surface area (Å²) in [6.07, 6.45) is 0.431. The number of benzene rings is 1. The number of ether oxygens (including phenoxy) is 2. The summed E-state index contributed by atoms with van der Waals surface area (Å²) in [6, 6.07) is 0. The van der Waals surface area contributed by atoms with E-state index in [1.54, 1.807) is 0 Å². The summed E-state index contributed by atoms with van der Waals surface area (Å²) in [6.45, 7) is 2.15. The molecule has 0 unspecified atom stereocenters. The van der Waals surface area contributed by atoms with E-state index in [9.17, 15) is 31.1 Å². The largest absolute Gasteiger partial charge is 0.493 e. The second-order valence-corrected chi connectivity index (χ2v) is 7.67. The van der Waals surface area contributed by atoms with Crippen LogP contribution in [0.25, 0.3) is 0 Å². The van der Waals surface area contributed by atoms with Crippen molar-refractivity contribution in [1.82, 2.24) is 0 Å². The molecule has 1 aliphatic rings. The van der Waals surface area contributed by atoms with E-state index in [1.807, 2.05) is 5.92 Å². The number of carbonyl (C=O) groups is 1. The number of carbonyl (C=O) groups excluding carboxylic acids is 1. The third kappa shape index (κ3) is 4.38. The standard InChI is InChI=1S/C20H17ClF6O3/c1-5-6-9-14(22)15(23)10(17(29-4)16(9)24)8-30-18(28)13-11(19(13,2)3)7-12(21)20(25,26)27/h1,7,11,13H,6,8H2,2-4H3/t11-,13-/m0/s1. The van der Waals surface area contributed by atoms with E-state index in [4.69, 9.17) is 27.5 Å². The normalized spacial score (nSPS) is 20.5. The van der Waals surface area contributed by atoms with Crippen molar-refractivity contribution in [2.75, 3.05) is 7.11 Å². The van der Waals surface area contributed by atoms with Crippen LogP contribution in [-0.2, 0) is 22.6 Å². The monoisotopic (exact) mass is 454 g/mol. The fraction of sp³-hybridized carbons (Fsp3) is 0.450. The molecule has 0 aromatic heterocycles. The number of terminal acetylenes is 1. The van der Waals surface area contributed by atoms with Crippen LogP contribution in [0.1, 0.15) is 25.0 Å². The molecule has 1 aliphatic carbocycles. The second kappa shape index (κ2) is 8.42. The Morgan fingerprint density at radius 2 is 1.77 bits per heavy atom. The van der Waals surface area contributed by atoms with Gasteiger partial charge in [0.1, 0.15) is 11.6 Å². The summed E-state index contributed by atoms with van der Waals surface area (Å²) in [5.41, 5.74) is -2.31. The van der Waals surface area contributed by atoms with E-state index >= 15 is 0 Å². The van der Waals surface area contributed by atoms with Gasteiger partial charge >= 0.3 is 12.1 Å². The Labute approximate surface area is 174 Å². The SMILES string of the molecule is C#CCc1c(F)c(F)c(COC(=O)[C@@H]2[C@H](C=C(Cl)C(F)(F)F)C2(C)C)c(OC)c1F. The maximum Gasteiger partial charge on any atom is 0.426 e. The molecule has 1 aromatic carbocycles. The molecule has 1 fully saturated rings. The smallest absolute Gasteiger partial charge is 0.426 e. The van der Waals surface area contributed by atoms with Gasteiger partial charge in [-0.25, -0.2) is 13.2 Å². The van der Waals surface area contributed by atoms with Crippen LogP contribution < -0.4 is 4.74 Å². The third-order valence-corrected chi connectivity index (χ3v) is 5.40. The highest BCUT2D eigenvalue weighted by molar-refractivity contribution is 6.30. The third-order valence-electron chi connectivity index (χ3n) is 5.06. The number of halogens is 7. The summed E-state index contributed by atoms with van der Waals surface area (Å²) >= 11 is 5.22. The fourth-order valence-corrected chi connectivity index (χ4v) is 3.39. The van der Waals surface area contributed by atoms with Crippen molar-refractivity contribution in [3.63, 3.8) is 0 Å². The molecule has 0 N–H and O–H groups in total. The molecule has 0 amide bonds. The number of allylic oxidation sites excluding steroid dienone is 2. The van der Waals surface area contributed by atoms with E-state index in [1.165, 1.54) is 13.8 Å². The zero-order valence-electron chi connectivity index (χ0n) is 16.1. The highest BCUT2D eigenvalue weighted by atomic mass is 35.5. The zero-order chi connectivity index (χ0) is 23.0. The molecule has 0 radical (unpaired) electrons. The van der Waals surface area contributed by atoms with Crippen LogP contribution in [0, 0.1) is 47.0 Å². The highest BCUT2D eigenvalue weighted by Crippen LogP contribution is 2.60. The minimum absolute atomic E-state index is 0.532. The Morgan fingerprint density at radius 1 is 1.20 bits per heavy atom. The quantitative estimate of drug-likeness (QED) is 0.254. The number of hydrogen-bond donors (Lipinski definition) is 0. The van der Waals surface area contributed by atoms with Gasteiger partial charge in [0.05, 0.1) is 18.6 Å². The van der Waals surface area contributed by atoms with Gasteiger partial charge in [0.2, 0.25) is 0 Å². The topological polar surface area (TPSA) is 35.5 Å². The van der Waals surface area contributed by atoms with Crippen LogP contribution in [0.4, 0.5) is 26.3 Å². The molecular weight excluding hydrogens is 438 g/mol. The number of hydrogen-bond acceptors (Lipinski definition) is 3. The van der Waals surface area contributed by atoms with Gasteiger partial charge in [0.15, 0.2) is 23.2 Å². The number of alkyl halides is 3. The zero-order valence-corrected chi connectivity index (χ0v) is 16.9. The molecule has 0 bridgehead atoms. The van der Waals surface area contributed by atoms with Crippen LogP contribution in [0.5, 0.6) is 5.75 Å². The molecule has 1 saturated carbocycles. The Balaban J connectivity index is 2.24. The summed E-state index contributed by atoms with van der Waals surface area (Å²) in [5.74, 6) is -5.81. The van der Waals surface area contributed by atoms with E-state index in [0.29, 0.717) is 6.08 Å². The number of esters is 1. The molecule has 0 heterocycles. The van der Waals surface area contributed by atoms with Crippen molar-refractivity contribution in [2.45, 2.75) is 33.1 Å². The molecule has 2 rings (SSSR count). The van der Waals surface area contributed by atoms with Gasteiger partial charge in [-0.15, -0.1) is 12.3 Å². The van der Waals surface area contributed by atoms with Crippen LogP contribution in [0.15, 0.2) is 11.1 Å². The first-order valence-electron chi connectivity index (χ1n) is 8.55. The lowest BCUT2D eigenvalue weighted by molar-refractivity contribution is -0.147. The molecule has 2 atom stereocenters. The Hall–Kier alpha value is -2.34. The molecule has 1 aromatic rings. The lowest BCUT2D eigenvalue weighted by Gasteiger charge is -2.15. The Bertz CT molecular complexity index is 930. The van der Waals surface area contributed by atoms with Crippen molar-refractivity contribution in [1.29, 1.82) is 0 Å². The minimum Gasteiger partial charge on any atom is -0.493 e. The van der Waals surface area contributed by atoms with Crippen molar-refractivity contribution < 1.29 is 40.6 Å². The van der Waals surface area contributed by atoms with Gasteiger partial charge in [-0.1, -0.05) is 31.5 Å². The average Bonchev–Trinajstić information content (AvgIpc) is 3.19. The molecule has 10 heteroatoms. The van der Waals surface area contributed by atoms with Crippen molar-refractivity contribution in [2.24, 2.45) is 17.3 Å². The Kier molecular flexibility index (Phi) is 6.72. The lowest BCUT2D eigenvalue weighted by atomic mass is 10.1. The van der Waals surface area contributed by atoms with Gasteiger partial charge < -0.3 is 9.47 Å². The van der Waals surface area contributed by atoms with Crippen LogP contribution in [0.3, 0.4) is 0 Å². The van der Waals surface area contributed by atoms with Crippen LogP contribution >= 0.6 is 11.6 Å². The summed E-state index contributed by atoms with van der Waals surface area (Å²) in [4.78, 5) is 12.3. The molecule has 0 spiro atoms. The number of methoxy groups -OCH3 is 1. The highest BCUT2D eigenvalue weighted by Gasteiger charge is 2.62. The molecule has 0 aliphatic heterocycles. The van der Waals surface area contributed by atoms with E-state index in [-0.39, 0.29) is 0 Å². The molecule has 164 valence electrons. The summed E-state index contributed by atoms with van der Waals surface area (Å²) in [7, 11) is 1.00. The first-order chi connectivity index (χ1) is 13.8. The first-order valence-corrected chi connectivity index (χ1v) is 8.93. The number of rotatable bonds is 6. The van der Waals surface area contributed by atoms with Crippen molar-refractivity contribution >= 4 is 17.6 Å². The molecule has 30 heavy (non-hydrogen) atoms. The van der Waals surface area contributed by atoms with Crippen LogP contribution in [-0.4, -0.2) is 19.3 Å². The predicted octanol–water partition coefficient (Wildman–Crippen LogP) is 5.29. The van der Waals surface area contributed by atoms with Gasteiger partial charge in [0.25, 0.3) is 0 Å². The molecule has 3 nitrogen and oxygen atoms in total. The minimum atomic E-state index is -4.76. The van der Waals surface area contributed by atoms with Gasteiger partial charge in [-0.2, -0.15) is 13.2 Å². The van der Waals surface area contributed by atoms with Crippen molar-refractivity contribution in [3.8, 4) is 18.1 Å². The van der Waals surface area contributed by atoms with Gasteiger partial charge in [0, 0.05) is 12.0 Å². The summed E-state index contributed by atoms with van der Waals surface area (Å²) < 4.78 is 90.5. The van der Waals surface area contributed by atoms with E-state index < -0.39 is 81.8 Å². The van der Waals surface area contributed by atoms with Crippen molar-refractivity contribution in [3.05, 3.63) is 39.7 Å².